The summed E-state index contributed by atoms with van der Waals surface area (Å²) in [7, 11) is 0. The van der Waals surface area contributed by atoms with Crippen LogP contribution in [-0.4, -0.2) is 10.1 Å². The number of aromatic nitrogens is 1. The molecule has 0 aliphatic heterocycles. The summed E-state index contributed by atoms with van der Waals surface area (Å²) in [6.07, 6.45) is 3.55. The number of aliphatic hydroxyl groups excluding tert-OH is 1. The number of nitrogens with two attached hydrogens (primary N) is 1. The first-order chi connectivity index (χ1) is 10.3. The van der Waals surface area contributed by atoms with Crippen LogP contribution in [0.1, 0.15) is 11.1 Å². The quantitative estimate of drug-likeness (QED) is 0.642. The maximum atomic E-state index is 9.05. The summed E-state index contributed by atoms with van der Waals surface area (Å²) in [6, 6.07) is 13.7. The Bertz CT molecular complexity index is 754. The molecule has 0 spiro atoms. The van der Waals surface area contributed by atoms with Gasteiger partial charge in [0.15, 0.2) is 0 Å². The molecule has 0 radical (unpaired) electrons. The second-order valence-electron chi connectivity index (χ2n) is 4.95. The van der Waals surface area contributed by atoms with Gasteiger partial charge in [0.2, 0.25) is 0 Å². The molecule has 1 aromatic heterocycles. The van der Waals surface area contributed by atoms with E-state index in [0.717, 1.165) is 33.3 Å². The second kappa shape index (κ2) is 5.81. The van der Waals surface area contributed by atoms with Crippen molar-refractivity contribution in [3.05, 3.63) is 66.0 Å². The van der Waals surface area contributed by atoms with Gasteiger partial charge < -0.3 is 16.2 Å². The summed E-state index contributed by atoms with van der Waals surface area (Å²) in [6.45, 7) is 0.788. The summed E-state index contributed by atoms with van der Waals surface area (Å²) >= 11 is 0. The number of hydrogen-bond acceptors (Lipinski definition) is 4. The van der Waals surface area contributed by atoms with E-state index in [1.54, 1.807) is 12.4 Å². The average Bonchev–Trinajstić information content (AvgIpc) is 2.55. The lowest BCUT2D eigenvalue weighted by Gasteiger charge is -2.11. The van der Waals surface area contributed by atoms with Gasteiger partial charge >= 0.3 is 0 Å². The Labute approximate surface area is 123 Å². The van der Waals surface area contributed by atoms with Crippen LogP contribution in [0.25, 0.3) is 10.8 Å². The molecular formula is C17H17N3O. The minimum Gasteiger partial charge on any atom is -0.398 e. The highest BCUT2D eigenvalue weighted by atomic mass is 16.3. The van der Waals surface area contributed by atoms with Crippen LogP contribution >= 0.6 is 0 Å². The van der Waals surface area contributed by atoms with Gasteiger partial charge in [-0.15, -0.1) is 0 Å². The zero-order valence-corrected chi connectivity index (χ0v) is 11.6. The minimum absolute atomic E-state index is 0.0727. The van der Waals surface area contributed by atoms with Gasteiger partial charge in [-0.05, 0) is 29.3 Å². The van der Waals surface area contributed by atoms with E-state index in [1.807, 2.05) is 42.5 Å². The molecular weight excluding hydrogens is 262 g/mol. The third-order valence-electron chi connectivity index (χ3n) is 3.54. The van der Waals surface area contributed by atoms with Gasteiger partial charge in [-0.25, -0.2) is 0 Å². The lowest BCUT2D eigenvalue weighted by Crippen LogP contribution is -2.01. The van der Waals surface area contributed by atoms with Crippen LogP contribution in [0.3, 0.4) is 0 Å². The zero-order valence-electron chi connectivity index (χ0n) is 11.6. The Hall–Kier alpha value is -2.59. The average molecular weight is 279 g/mol. The summed E-state index contributed by atoms with van der Waals surface area (Å²) in [5.74, 6) is 0. The SMILES string of the molecule is Nc1ccc(NCc2ccc(CO)cc2)c2ccncc12. The molecule has 3 rings (SSSR count). The molecule has 4 heteroatoms. The van der Waals surface area contributed by atoms with Crippen LogP contribution < -0.4 is 11.1 Å². The smallest absolute Gasteiger partial charge is 0.0681 e. The predicted molar refractivity (Wildman–Crippen MR) is 85.8 cm³/mol. The Morgan fingerprint density at radius 3 is 2.48 bits per heavy atom. The third-order valence-corrected chi connectivity index (χ3v) is 3.54. The van der Waals surface area contributed by atoms with Crippen molar-refractivity contribution in [1.82, 2.24) is 4.98 Å². The van der Waals surface area contributed by atoms with Gasteiger partial charge in [-0.1, -0.05) is 24.3 Å². The van der Waals surface area contributed by atoms with Crippen LogP contribution in [0, 0.1) is 0 Å². The fraction of sp³-hybridized carbons (Fsp3) is 0.118. The van der Waals surface area contributed by atoms with E-state index in [1.165, 1.54) is 0 Å². The topological polar surface area (TPSA) is 71.2 Å². The number of aliphatic hydroxyl groups is 1. The maximum Gasteiger partial charge on any atom is 0.0681 e. The first-order valence-electron chi connectivity index (χ1n) is 6.82. The molecule has 0 atom stereocenters. The van der Waals surface area contributed by atoms with Crippen LogP contribution in [0.2, 0.25) is 0 Å². The van der Waals surface area contributed by atoms with Crippen molar-refractivity contribution in [3.63, 3.8) is 0 Å². The van der Waals surface area contributed by atoms with Gasteiger partial charge in [0.05, 0.1) is 6.61 Å². The van der Waals surface area contributed by atoms with Crippen molar-refractivity contribution < 1.29 is 5.11 Å². The highest BCUT2D eigenvalue weighted by molar-refractivity contribution is 6.00. The number of rotatable bonds is 4. The summed E-state index contributed by atoms with van der Waals surface area (Å²) in [5, 5.41) is 14.5. The van der Waals surface area contributed by atoms with E-state index >= 15 is 0 Å². The standard InChI is InChI=1S/C17H17N3O/c18-16-5-6-17(14-7-8-19-10-15(14)16)20-9-12-1-3-13(11-21)4-2-12/h1-8,10,20-21H,9,11,18H2. The molecule has 4 nitrogen and oxygen atoms in total. The largest absolute Gasteiger partial charge is 0.398 e. The van der Waals surface area contributed by atoms with Gasteiger partial charge in [0.1, 0.15) is 0 Å². The summed E-state index contributed by atoms with van der Waals surface area (Å²) < 4.78 is 0. The molecule has 4 N–H and O–H groups in total. The fourth-order valence-electron chi connectivity index (χ4n) is 2.33. The van der Waals surface area contributed by atoms with Crippen LogP contribution in [0.4, 0.5) is 11.4 Å². The monoisotopic (exact) mass is 279 g/mol. The predicted octanol–water partition coefficient (Wildman–Crippen LogP) is 2.92. The van der Waals surface area contributed by atoms with Gasteiger partial charge in [0, 0.05) is 41.1 Å². The van der Waals surface area contributed by atoms with Crippen LogP contribution in [-0.2, 0) is 13.2 Å². The number of fused-ring (bicyclic) bond motifs is 1. The molecule has 3 aromatic rings. The van der Waals surface area contributed by atoms with E-state index in [2.05, 4.69) is 10.3 Å². The first-order valence-corrected chi connectivity index (χ1v) is 6.82. The van der Waals surface area contributed by atoms with E-state index in [-0.39, 0.29) is 6.61 Å². The molecule has 0 amide bonds. The molecule has 0 bridgehead atoms. The fourth-order valence-corrected chi connectivity index (χ4v) is 2.33. The highest BCUT2D eigenvalue weighted by Crippen LogP contribution is 2.27. The number of hydrogen-bond donors (Lipinski definition) is 3. The van der Waals surface area contributed by atoms with Gasteiger partial charge in [-0.2, -0.15) is 0 Å². The Morgan fingerprint density at radius 1 is 0.952 bits per heavy atom. The second-order valence-corrected chi connectivity index (χ2v) is 4.95. The van der Waals surface area contributed by atoms with E-state index < -0.39 is 0 Å². The Morgan fingerprint density at radius 2 is 1.71 bits per heavy atom. The highest BCUT2D eigenvalue weighted by Gasteiger charge is 2.04. The van der Waals surface area contributed by atoms with E-state index in [0.29, 0.717) is 6.54 Å². The van der Waals surface area contributed by atoms with Crippen LogP contribution in [0.5, 0.6) is 0 Å². The lowest BCUT2D eigenvalue weighted by atomic mass is 10.1. The number of nitrogens with zero attached hydrogens (tertiary/aromatic N) is 1. The minimum atomic E-state index is 0.0727. The number of pyridine rings is 1. The number of anilines is 2. The number of benzene rings is 2. The van der Waals surface area contributed by atoms with E-state index in [4.69, 9.17) is 10.8 Å². The molecule has 1 heterocycles. The van der Waals surface area contributed by atoms with Gasteiger partial charge in [-0.3, -0.25) is 4.98 Å². The Kier molecular flexibility index (Phi) is 3.71. The molecule has 0 unspecified atom stereocenters. The van der Waals surface area contributed by atoms with Crippen molar-refractivity contribution in [2.45, 2.75) is 13.2 Å². The van der Waals surface area contributed by atoms with Crippen LogP contribution in [0.15, 0.2) is 54.9 Å². The van der Waals surface area contributed by atoms with Crippen molar-refractivity contribution in [3.8, 4) is 0 Å². The number of nitrogen functional groups attached to an aromatic ring is 1. The van der Waals surface area contributed by atoms with Gasteiger partial charge in [0.25, 0.3) is 0 Å². The lowest BCUT2D eigenvalue weighted by molar-refractivity contribution is 0.282. The molecule has 2 aromatic carbocycles. The normalized spacial score (nSPS) is 10.7. The number of nitrogens with one attached hydrogen (secondary N) is 1. The molecule has 106 valence electrons. The first kappa shape index (κ1) is 13.4. The summed E-state index contributed by atoms with van der Waals surface area (Å²) in [5.41, 5.74) is 9.82. The summed E-state index contributed by atoms with van der Waals surface area (Å²) in [4.78, 5) is 4.12. The van der Waals surface area contributed by atoms with Crippen molar-refractivity contribution in [2.24, 2.45) is 0 Å². The molecule has 0 saturated heterocycles. The molecule has 21 heavy (non-hydrogen) atoms. The molecule has 0 aliphatic rings. The molecule has 0 fully saturated rings. The third kappa shape index (κ3) is 2.80. The van der Waals surface area contributed by atoms with Crippen molar-refractivity contribution in [1.29, 1.82) is 0 Å². The molecule has 0 aliphatic carbocycles. The Balaban J connectivity index is 1.83. The zero-order chi connectivity index (χ0) is 14.7. The van der Waals surface area contributed by atoms with E-state index in [9.17, 15) is 0 Å². The van der Waals surface area contributed by atoms with Crippen molar-refractivity contribution >= 4 is 22.1 Å². The van der Waals surface area contributed by atoms with Crippen molar-refractivity contribution in [2.75, 3.05) is 11.1 Å². The maximum absolute atomic E-state index is 9.05. The molecule has 0 saturated carbocycles.